The van der Waals surface area contributed by atoms with Gasteiger partial charge < -0.3 is 10.4 Å². The number of hydrogen-bond donors (Lipinski definition) is 2. The molecule has 144 valence electrons. The normalized spacial score (nSPS) is 19.1. The summed E-state index contributed by atoms with van der Waals surface area (Å²) < 4.78 is 27.3. The Morgan fingerprint density at radius 3 is 2.48 bits per heavy atom. The molecule has 2 aliphatic rings. The highest BCUT2D eigenvalue weighted by Gasteiger charge is 2.29. The van der Waals surface area contributed by atoms with E-state index in [4.69, 9.17) is 0 Å². The Morgan fingerprint density at radius 2 is 1.74 bits per heavy atom. The van der Waals surface area contributed by atoms with Crippen LogP contribution in [-0.4, -0.2) is 37.0 Å². The lowest BCUT2D eigenvalue weighted by molar-refractivity contribution is 0.113. The second kappa shape index (κ2) is 7.62. The third-order valence-corrected chi connectivity index (χ3v) is 7.35. The van der Waals surface area contributed by atoms with E-state index in [-0.39, 0.29) is 0 Å². The van der Waals surface area contributed by atoms with Gasteiger partial charge in [-0.1, -0.05) is 30.3 Å². The summed E-state index contributed by atoms with van der Waals surface area (Å²) >= 11 is 0. The maximum absolute atomic E-state index is 12.9. The van der Waals surface area contributed by atoms with Crippen LogP contribution in [0.15, 0.2) is 53.4 Å². The minimum atomic E-state index is -3.52. The number of hydrogen-bond acceptors (Lipinski definition) is 4. The van der Waals surface area contributed by atoms with Crippen molar-refractivity contribution in [1.82, 2.24) is 4.31 Å². The largest absolute Gasteiger partial charge is 0.393 e. The van der Waals surface area contributed by atoms with Crippen LogP contribution in [0.4, 0.5) is 5.69 Å². The van der Waals surface area contributed by atoms with Gasteiger partial charge in [0.1, 0.15) is 0 Å². The SMILES string of the molecule is O=S(=O)(c1cccc(NCc2ccccc2C2CC2)c1)N1CCC(O)CC1. The van der Waals surface area contributed by atoms with Crippen molar-refractivity contribution in [3.63, 3.8) is 0 Å². The Kier molecular flexibility index (Phi) is 5.21. The monoisotopic (exact) mass is 386 g/mol. The van der Waals surface area contributed by atoms with E-state index < -0.39 is 16.1 Å². The molecule has 27 heavy (non-hydrogen) atoms. The lowest BCUT2D eigenvalue weighted by Crippen LogP contribution is -2.39. The highest BCUT2D eigenvalue weighted by Crippen LogP contribution is 2.41. The summed E-state index contributed by atoms with van der Waals surface area (Å²) in [5.41, 5.74) is 3.48. The van der Waals surface area contributed by atoms with Gasteiger partial charge in [0, 0.05) is 25.3 Å². The predicted molar refractivity (Wildman–Crippen MR) is 106 cm³/mol. The molecule has 0 amide bonds. The number of nitrogens with zero attached hydrogens (tertiary/aromatic N) is 1. The molecule has 2 fully saturated rings. The lowest BCUT2D eigenvalue weighted by Gasteiger charge is -2.28. The Bertz CT molecular complexity index is 901. The fraction of sp³-hybridized carbons (Fsp3) is 0.429. The number of rotatable bonds is 6. The molecule has 1 saturated carbocycles. The van der Waals surface area contributed by atoms with Crippen molar-refractivity contribution in [2.75, 3.05) is 18.4 Å². The Morgan fingerprint density at radius 1 is 1.00 bits per heavy atom. The molecule has 0 spiro atoms. The molecule has 1 saturated heterocycles. The lowest BCUT2D eigenvalue weighted by atomic mass is 10.0. The summed E-state index contributed by atoms with van der Waals surface area (Å²) in [4.78, 5) is 0.305. The van der Waals surface area contributed by atoms with Crippen molar-refractivity contribution in [2.45, 2.75) is 49.1 Å². The minimum Gasteiger partial charge on any atom is -0.393 e. The second-order valence-electron chi connectivity index (χ2n) is 7.49. The van der Waals surface area contributed by atoms with Crippen LogP contribution in [0.3, 0.4) is 0 Å². The molecule has 0 bridgehead atoms. The predicted octanol–water partition coefficient (Wildman–Crippen LogP) is 3.32. The molecule has 1 heterocycles. The van der Waals surface area contributed by atoms with E-state index in [1.807, 2.05) is 6.07 Å². The summed E-state index contributed by atoms with van der Waals surface area (Å²) in [6, 6.07) is 15.5. The first kappa shape index (κ1) is 18.5. The van der Waals surface area contributed by atoms with Gasteiger partial charge in [0.2, 0.25) is 10.0 Å². The third-order valence-electron chi connectivity index (χ3n) is 5.45. The maximum Gasteiger partial charge on any atom is 0.243 e. The summed E-state index contributed by atoms with van der Waals surface area (Å²) in [6.07, 6.45) is 3.12. The molecule has 1 aliphatic carbocycles. The van der Waals surface area contributed by atoms with Gasteiger partial charge >= 0.3 is 0 Å². The third kappa shape index (κ3) is 4.18. The van der Waals surface area contributed by atoms with E-state index in [0.29, 0.717) is 43.3 Å². The zero-order chi connectivity index (χ0) is 18.9. The van der Waals surface area contributed by atoms with Crippen LogP contribution in [0.1, 0.15) is 42.7 Å². The van der Waals surface area contributed by atoms with Gasteiger partial charge in [0.15, 0.2) is 0 Å². The van der Waals surface area contributed by atoms with Crippen molar-refractivity contribution in [2.24, 2.45) is 0 Å². The van der Waals surface area contributed by atoms with E-state index >= 15 is 0 Å². The standard InChI is InChI=1S/C21H26N2O3S/c24-19-10-12-23(13-11-19)27(25,26)20-6-3-5-18(14-20)22-15-17-4-1-2-7-21(17)16-8-9-16/h1-7,14,16,19,22,24H,8-13,15H2. The summed E-state index contributed by atoms with van der Waals surface area (Å²) in [5, 5.41) is 13.0. The molecular weight excluding hydrogens is 360 g/mol. The molecule has 0 radical (unpaired) electrons. The van der Waals surface area contributed by atoms with Gasteiger partial charge in [-0.05, 0) is 60.9 Å². The number of anilines is 1. The fourth-order valence-corrected chi connectivity index (χ4v) is 5.20. The van der Waals surface area contributed by atoms with E-state index in [2.05, 4.69) is 29.6 Å². The van der Waals surface area contributed by atoms with Crippen molar-refractivity contribution >= 4 is 15.7 Å². The second-order valence-corrected chi connectivity index (χ2v) is 9.43. The zero-order valence-corrected chi connectivity index (χ0v) is 16.2. The van der Waals surface area contributed by atoms with E-state index in [9.17, 15) is 13.5 Å². The topological polar surface area (TPSA) is 69.6 Å². The van der Waals surface area contributed by atoms with E-state index in [1.54, 1.807) is 18.2 Å². The summed E-state index contributed by atoms with van der Waals surface area (Å²) in [7, 11) is -3.52. The molecular formula is C21H26N2O3S. The Balaban J connectivity index is 1.48. The van der Waals surface area contributed by atoms with Crippen molar-refractivity contribution < 1.29 is 13.5 Å². The molecule has 5 nitrogen and oxygen atoms in total. The van der Waals surface area contributed by atoms with E-state index in [1.165, 1.54) is 28.3 Å². The average Bonchev–Trinajstić information content (AvgIpc) is 3.52. The van der Waals surface area contributed by atoms with Gasteiger partial charge in [-0.15, -0.1) is 0 Å². The number of piperidine rings is 1. The first-order valence-corrected chi connectivity index (χ1v) is 11.1. The number of nitrogens with one attached hydrogen (secondary N) is 1. The molecule has 0 atom stereocenters. The first-order valence-electron chi connectivity index (χ1n) is 9.64. The number of benzene rings is 2. The molecule has 2 aromatic rings. The quantitative estimate of drug-likeness (QED) is 0.799. The number of aliphatic hydroxyl groups is 1. The van der Waals surface area contributed by atoms with Crippen LogP contribution in [0.5, 0.6) is 0 Å². The smallest absolute Gasteiger partial charge is 0.243 e. The molecule has 0 unspecified atom stereocenters. The highest BCUT2D eigenvalue weighted by atomic mass is 32.2. The minimum absolute atomic E-state index is 0.305. The molecule has 6 heteroatoms. The summed E-state index contributed by atoms with van der Waals surface area (Å²) in [6.45, 7) is 1.43. The maximum atomic E-state index is 12.9. The van der Waals surface area contributed by atoms with Crippen molar-refractivity contribution in [1.29, 1.82) is 0 Å². The Labute approximate surface area is 161 Å². The highest BCUT2D eigenvalue weighted by molar-refractivity contribution is 7.89. The molecule has 4 rings (SSSR count). The number of aliphatic hydroxyl groups excluding tert-OH is 1. The van der Waals surface area contributed by atoms with Gasteiger partial charge in [-0.3, -0.25) is 0 Å². The van der Waals surface area contributed by atoms with E-state index in [0.717, 1.165) is 5.69 Å². The molecule has 2 aromatic carbocycles. The molecule has 1 aliphatic heterocycles. The van der Waals surface area contributed by atoms with Crippen LogP contribution in [0.25, 0.3) is 0 Å². The van der Waals surface area contributed by atoms with Gasteiger partial charge in [-0.2, -0.15) is 4.31 Å². The van der Waals surface area contributed by atoms with Crippen LogP contribution in [0, 0.1) is 0 Å². The van der Waals surface area contributed by atoms with Crippen LogP contribution in [0.2, 0.25) is 0 Å². The molecule has 2 N–H and O–H groups in total. The van der Waals surface area contributed by atoms with Gasteiger partial charge in [-0.25, -0.2) is 8.42 Å². The van der Waals surface area contributed by atoms with Crippen LogP contribution >= 0.6 is 0 Å². The average molecular weight is 387 g/mol. The number of sulfonamides is 1. The first-order chi connectivity index (χ1) is 13.0. The zero-order valence-electron chi connectivity index (χ0n) is 15.3. The van der Waals surface area contributed by atoms with Gasteiger partial charge in [0.25, 0.3) is 0 Å². The molecule has 0 aromatic heterocycles. The van der Waals surface area contributed by atoms with Crippen LogP contribution in [-0.2, 0) is 16.6 Å². The summed E-state index contributed by atoms with van der Waals surface area (Å²) in [5.74, 6) is 0.684. The van der Waals surface area contributed by atoms with Gasteiger partial charge in [0.05, 0.1) is 11.0 Å². The van der Waals surface area contributed by atoms with Crippen molar-refractivity contribution in [3.8, 4) is 0 Å². The van der Waals surface area contributed by atoms with Crippen molar-refractivity contribution in [3.05, 3.63) is 59.7 Å². The van der Waals surface area contributed by atoms with Crippen LogP contribution < -0.4 is 5.32 Å². The fourth-order valence-electron chi connectivity index (χ4n) is 3.68. The Hall–Kier alpha value is -1.89.